The lowest BCUT2D eigenvalue weighted by Gasteiger charge is -2.09. The molecule has 0 saturated carbocycles. The van der Waals surface area contributed by atoms with Gasteiger partial charge in [0.25, 0.3) is 0 Å². The average Bonchev–Trinajstić information content (AvgIpc) is 2.65. The molecule has 132 valence electrons. The summed E-state index contributed by atoms with van der Waals surface area (Å²) in [5.74, 6) is 1.47. The van der Waals surface area contributed by atoms with Crippen LogP contribution in [0.3, 0.4) is 0 Å². The minimum atomic E-state index is 0.0124. The quantitative estimate of drug-likeness (QED) is 0.674. The fourth-order valence-electron chi connectivity index (χ4n) is 2.12. The van der Waals surface area contributed by atoms with E-state index >= 15 is 0 Å². The van der Waals surface area contributed by atoms with E-state index in [9.17, 15) is 4.79 Å². The molecule has 0 aliphatic rings. The zero-order chi connectivity index (χ0) is 18.5. The van der Waals surface area contributed by atoms with E-state index in [4.69, 9.17) is 9.47 Å². The van der Waals surface area contributed by atoms with E-state index < -0.39 is 0 Å². The van der Waals surface area contributed by atoms with Gasteiger partial charge in [0.1, 0.15) is 11.5 Å². The first-order valence-corrected chi connectivity index (χ1v) is 8.45. The van der Waals surface area contributed by atoms with E-state index in [-0.39, 0.29) is 5.78 Å². The Balaban J connectivity index is 0.00000123. The first-order chi connectivity index (χ1) is 11.6. The van der Waals surface area contributed by atoms with Gasteiger partial charge in [-0.25, -0.2) is 0 Å². The number of hydrogen-bond acceptors (Lipinski definition) is 3. The predicted octanol–water partition coefficient (Wildman–Crippen LogP) is 5.55. The number of benzene rings is 2. The van der Waals surface area contributed by atoms with Crippen molar-refractivity contribution in [1.29, 1.82) is 0 Å². The van der Waals surface area contributed by atoms with Crippen molar-refractivity contribution in [3.8, 4) is 11.5 Å². The molecule has 24 heavy (non-hydrogen) atoms. The highest BCUT2D eigenvalue weighted by Gasteiger charge is 2.09. The highest BCUT2D eigenvalue weighted by molar-refractivity contribution is 5.97. The van der Waals surface area contributed by atoms with Gasteiger partial charge in [-0.15, -0.1) is 0 Å². The topological polar surface area (TPSA) is 35.5 Å². The number of ether oxygens (including phenoxy) is 2. The maximum absolute atomic E-state index is 11.6. The summed E-state index contributed by atoms with van der Waals surface area (Å²) in [5.41, 5.74) is 2.88. The van der Waals surface area contributed by atoms with Gasteiger partial charge in [-0.2, -0.15) is 0 Å². The summed E-state index contributed by atoms with van der Waals surface area (Å²) in [4.78, 5) is 11.6. The van der Waals surface area contributed by atoms with E-state index in [0.717, 1.165) is 17.7 Å². The number of carbonyl (C=O) groups is 1. The maximum Gasteiger partial charge on any atom is 0.163 e. The predicted molar refractivity (Wildman–Crippen MR) is 101 cm³/mol. The maximum atomic E-state index is 11.6. The van der Waals surface area contributed by atoms with Gasteiger partial charge in [-0.3, -0.25) is 4.79 Å². The first kappa shape index (κ1) is 21.7. The number of carbonyl (C=O) groups excluding carboxylic acids is 1. The first-order valence-electron chi connectivity index (χ1n) is 8.45. The molecule has 3 heteroatoms. The van der Waals surface area contributed by atoms with E-state index in [1.165, 1.54) is 5.56 Å². The van der Waals surface area contributed by atoms with E-state index in [2.05, 4.69) is 0 Å². The molecule has 0 heterocycles. The van der Waals surface area contributed by atoms with Crippen LogP contribution in [0.5, 0.6) is 11.5 Å². The zero-order valence-electron chi connectivity index (χ0n) is 16.0. The SMILES string of the molecule is CC.CC.COc1ccc(Cc2ccc(OC)c(C(C)=O)c2)cc1. The highest BCUT2D eigenvalue weighted by Crippen LogP contribution is 2.22. The normalized spacial score (nSPS) is 8.96. The van der Waals surface area contributed by atoms with E-state index in [1.807, 2.05) is 70.2 Å². The Labute approximate surface area is 146 Å². The minimum Gasteiger partial charge on any atom is -0.497 e. The van der Waals surface area contributed by atoms with Crippen molar-refractivity contribution in [3.05, 3.63) is 59.2 Å². The Kier molecular flexibility index (Phi) is 11.0. The summed E-state index contributed by atoms with van der Waals surface area (Å²) in [6.45, 7) is 9.55. The molecule has 0 aromatic heterocycles. The number of hydrogen-bond donors (Lipinski definition) is 0. The minimum absolute atomic E-state index is 0.0124. The lowest BCUT2D eigenvalue weighted by molar-refractivity contribution is 0.101. The van der Waals surface area contributed by atoms with E-state index in [0.29, 0.717) is 11.3 Å². The molecule has 0 spiro atoms. The van der Waals surface area contributed by atoms with Gasteiger partial charge in [0.2, 0.25) is 0 Å². The molecule has 0 unspecified atom stereocenters. The number of methoxy groups -OCH3 is 2. The van der Waals surface area contributed by atoms with Gasteiger partial charge in [0, 0.05) is 0 Å². The molecule has 0 N–H and O–H groups in total. The van der Waals surface area contributed by atoms with Crippen molar-refractivity contribution in [2.45, 2.75) is 41.0 Å². The number of Topliss-reactive ketones (excluding diaryl/α,β-unsaturated/α-hetero) is 1. The van der Waals surface area contributed by atoms with Crippen LogP contribution in [0.25, 0.3) is 0 Å². The molecule has 2 rings (SSSR count). The average molecular weight is 330 g/mol. The van der Waals surface area contributed by atoms with Crippen molar-refractivity contribution >= 4 is 5.78 Å². The Morgan fingerprint density at radius 2 is 1.38 bits per heavy atom. The molecule has 0 aliphatic heterocycles. The Morgan fingerprint density at radius 3 is 1.83 bits per heavy atom. The zero-order valence-corrected chi connectivity index (χ0v) is 16.0. The molecule has 0 fully saturated rings. The van der Waals surface area contributed by atoms with Crippen LogP contribution >= 0.6 is 0 Å². The summed E-state index contributed by atoms with van der Waals surface area (Å²) >= 11 is 0. The van der Waals surface area contributed by atoms with E-state index in [1.54, 1.807) is 21.1 Å². The Morgan fingerprint density at radius 1 is 0.833 bits per heavy atom. The molecule has 0 aliphatic carbocycles. The van der Waals surface area contributed by atoms with Crippen LogP contribution in [0.2, 0.25) is 0 Å². The number of ketones is 1. The molecule has 0 amide bonds. The Hall–Kier alpha value is -2.29. The molecule has 0 radical (unpaired) electrons. The van der Waals surface area contributed by atoms with Gasteiger partial charge >= 0.3 is 0 Å². The third-order valence-electron chi connectivity index (χ3n) is 3.21. The molecule has 2 aromatic carbocycles. The number of rotatable bonds is 5. The molecule has 0 bridgehead atoms. The van der Waals surface area contributed by atoms with Gasteiger partial charge < -0.3 is 9.47 Å². The fourth-order valence-corrected chi connectivity index (χ4v) is 2.12. The third-order valence-corrected chi connectivity index (χ3v) is 3.21. The monoisotopic (exact) mass is 330 g/mol. The lowest BCUT2D eigenvalue weighted by atomic mass is 10.0. The summed E-state index contributed by atoms with van der Waals surface area (Å²) in [6.07, 6.45) is 0.772. The van der Waals surface area contributed by atoms with Crippen molar-refractivity contribution in [2.24, 2.45) is 0 Å². The van der Waals surface area contributed by atoms with Gasteiger partial charge in [-0.05, 0) is 48.7 Å². The van der Waals surface area contributed by atoms with Crippen LogP contribution in [0.15, 0.2) is 42.5 Å². The second-order valence-corrected chi connectivity index (χ2v) is 4.62. The van der Waals surface area contributed by atoms with Crippen LogP contribution in [-0.2, 0) is 6.42 Å². The molecule has 2 aromatic rings. The van der Waals surface area contributed by atoms with Crippen LogP contribution in [-0.4, -0.2) is 20.0 Å². The van der Waals surface area contributed by atoms with Gasteiger partial charge in [0.05, 0.1) is 19.8 Å². The van der Waals surface area contributed by atoms with Gasteiger partial charge in [0.15, 0.2) is 5.78 Å². The largest absolute Gasteiger partial charge is 0.497 e. The van der Waals surface area contributed by atoms with Crippen molar-refractivity contribution < 1.29 is 14.3 Å². The summed E-state index contributed by atoms with van der Waals surface area (Å²) in [7, 11) is 3.22. The van der Waals surface area contributed by atoms with Crippen LogP contribution < -0.4 is 9.47 Å². The molecular weight excluding hydrogens is 300 g/mol. The van der Waals surface area contributed by atoms with Gasteiger partial charge in [-0.1, -0.05) is 45.9 Å². The molecule has 3 nitrogen and oxygen atoms in total. The summed E-state index contributed by atoms with van der Waals surface area (Å²) < 4.78 is 10.3. The second kappa shape index (κ2) is 12.2. The highest BCUT2D eigenvalue weighted by atomic mass is 16.5. The fraction of sp³-hybridized carbons (Fsp3) is 0.381. The standard InChI is InChI=1S/C17H18O3.2C2H6/c1-12(18)16-11-14(6-9-17(16)20-3)10-13-4-7-15(19-2)8-5-13;2*1-2/h4-9,11H,10H2,1-3H3;2*1-2H3. The van der Waals surface area contributed by atoms with Crippen molar-refractivity contribution in [2.75, 3.05) is 14.2 Å². The summed E-state index contributed by atoms with van der Waals surface area (Å²) in [6, 6.07) is 13.6. The van der Waals surface area contributed by atoms with Crippen LogP contribution in [0.4, 0.5) is 0 Å². The third kappa shape index (κ3) is 6.45. The smallest absolute Gasteiger partial charge is 0.163 e. The molecule has 0 atom stereocenters. The second-order valence-electron chi connectivity index (χ2n) is 4.62. The van der Waals surface area contributed by atoms with Crippen LogP contribution in [0.1, 0.15) is 56.1 Å². The molecule has 0 saturated heterocycles. The lowest BCUT2D eigenvalue weighted by Crippen LogP contribution is -1.99. The molecular formula is C21H30O3. The van der Waals surface area contributed by atoms with Crippen molar-refractivity contribution in [3.63, 3.8) is 0 Å². The summed E-state index contributed by atoms with van der Waals surface area (Å²) in [5, 5.41) is 0. The van der Waals surface area contributed by atoms with Crippen LogP contribution in [0, 0.1) is 0 Å². The van der Waals surface area contributed by atoms with Crippen molar-refractivity contribution in [1.82, 2.24) is 0 Å². The Bertz CT molecular complexity index is 601.